The van der Waals surface area contributed by atoms with Crippen LogP contribution in [0.3, 0.4) is 0 Å². The summed E-state index contributed by atoms with van der Waals surface area (Å²) in [6.07, 6.45) is 3.98. The number of aromatic nitrogens is 2. The Balaban J connectivity index is 1.36. The first kappa shape index (κ1) is 25.0. The van der Waals surface area contributed by atoms with Crippen molar-refractivity contribution in [2.45, 2.75) is 48.9 Å². The molecule has 11 nitrogen and oxygen atoms in total. The average molecular weight is 523 g/mol. The van der Waals surface area contributed by atoms with Gasteiger partial charge in [-0.15, -0.1) is 11.8 Å². The number of urea groups is 1. The lowest BCUT2D eigenvalue weighted by Crippen LogP contribution is -2.40. The normalized spacial score (nSPS) is 20.8. The Labute approximate surface area is 218 Å². The summed E-state index contributed by atoms with van der Waals surface area (Å²) < 4.78 is 10.5. The molecule has 3 aliphatic heterocycles. The molecule has 0 bridgehead atoms. The maximum atomic E-state index is 13.3. The zero-order chi connectivity index (χ0) is 25.9. The maximum Gasteiger partial charge on any atom is 0.410 e. The largest absolute Gasteiger partial charge is 0.447 e. The summed E-state index contributed by atoms with van der Waals surface area (Å²) in [7, 11) is 0. The zero-order valence-electron chi connectivity index (χ0n) is 20.3. The highest BCUT2D eigenvalue weighted by atomic mass is 32.2. The van der Waals surface area contributed by atoms with E-state index in [0.29, 0.717) is 68.3 Å². The molecule has 2 aromatic rings. The van der Waals surface area contributed by atoms with Gasteiger partial charge in [-0.25, -0.2) is 19.6 Å². The smallest absolute Gasteiger partial charge is 0.410 e. The van der Waals surface area contributed by atoms with E-state index in [2.05, 4.69) is 21.4 Å². The number of carbonyl (C=O) groups is 3. The predicted octanol–water partition coefficient (Wildman–Crippen LogP) is 3.37. The fourth-order valence-electron chi connectivity index (χ4n) is 4.58. The summed E-state index contributed by atoms with van der Waals surface area (Å²) >= 11 is 1.55. The average Bonchev–Trinajstić information content (AvgIpc) is 3.53. The Bertz CT molecular complexity index is 1270. The van der Waals surface area contributed by atoms with E-state index in [0.717, 1.165) is 16.9 Å². The molecule has 5 rings (SSSR count). The molecule has 3 aliphatic rings. The number of carbonyl (C=O) groups excluding carboxylic acids is 3. The first-order valence-electron chi connectivity index (χ1n) is 12.1. The highest BCUT2D eigenvalue weighted by molar-refractivity contribution is 8.00. The molecule has 3 amide bonds. The lowest BCUT2D eigenvalue weighted by molar-refractivity contribution is 0.111. The second-order valence-corrected chi connectivity index (χ2v) is 10.5. The van der Waals surface area contributed by atoms with Gasteiger partial charge in [0, 0.05) is 35.1 Å². The number of ether oxygens (including phenoxy) is 2. The van der Waals surface area contributed by atoms with Crippen LogP contribution in [0.4, 0.5) is 21.2 Å². The lowest BCUT2D eigenvalue weighted by Gasteiger charge is -2.29. The topological polar surface area (TPSA) is 138 Å². The molecular weight excluding hydrogens is 496 g/mol. The summed E-state index contributed by atoms with van der Waals surface area (Å²) in [5, 5.41) is 12.5. The molecule has 0 aliphatic carbocycles. The van der Waals surface area contributed by atoms with Crippen LogP contribution in [0.25, 0.3) is 0 Å². The van der Waals surface area contributed by atoms with Gasteiger partial charge in [-0.1, -0.05) is 0 Å². The molecular formula is C25H26N6O5S. The van der Waals surface area contributed by atoms with Gasteiger partial charge in [-0.2, -0.15) is 5.26 Å². The number of fused-ring (bicyclic) bond motifs is 1. The summed E-state index contributed by atoms with van der Waals surface area (Å²) in [6.45, 7) is 4.14. The molecule has 37 heavy (non-hydrogen) atoms. The van der Waals surface area contributed by atoms with E-state index >= 15 is 0 Å². The number of aryl methyl sites for hydroxylation is 1. The summed E-state index contributed by atoms with van der Waals surface area (Å²) in [6, 6.07) is 5.18. The number of hydrogen-bond donors (Lipinski definition) is 1. The van der Waals surface area contributed by atoms with Crippen molar-refractivity contribution >= 4 is 41.8 Å². The van der Waals surface area contributed by atoms with Gasteiger partial charge < -0.3 is 9.47 Å². The molecule has 2 aromatic heterocycles. The first-order chi connectivity index (χ1) is 18.0. The van der Waals surface area contributed by atoms with E-state index in [1.807, 2.05) is 13.0 Å². The van der Waals surface area contributed by atoms with Crippen molar-refractivity contribution in [1.29, 1.82) is 5.26 Å². The van der Waals surface area contributed by atoms with Gasteiger partial charge in [0.15, 0.2) is 6.29 Å². The number of amides is 3. The van der Waals surface area contributed by atoms with Crippen LogP contribution in [0.2, 0.25) is 0 Å². The number of thioether (sulfide) groups is 1. The lowest BCUT2D eigenvalue weighted by atomic mass is 10.0. The number of anilines is 2. The standard InChI is InChI=1S/C25H26N6O5S/c1-15-13-36-25(34)31(15)11-17-7-16-3-2-5-30(23(16)28-20(17)12-32)24(33)29-22-8-21(18(9-26)10-27-22)37-19-4-6-35-14-19/h7-8,10,12,15,19H,2-6,11,13-14H2,1H3,(H,27,29,33). The molecule has 5 heterocycles. The number of cyclic esters (lactones) is 1. The SMILES string of the molecule is CC1COC(=O)N1Cc1cc2c(nc1C=O)N(C(=O)Nc1cc(SC3CCOC3)c(C#N)cn1)CCC2. The second-order valence-electron chi connectivity index (χ2n) is 9.15. The van der Waals surface area contributed by atoms with Crippen molar-refractivity contribution in [3.05, 3.63) is 40.7 Å². The van der Waals surface area contributed by atoms with Gasteiger partial charge in [-0.3, -0.25) is 19.9 Å². The molecule has 0 saturated carbocycles. The maximum absolute atomic E-state index is 13.3. The number of nitrogens with zero attached hydrogens (tertiary/aromatic N) is 5. The molecule has 0 radical (unpaired) electrons. The van der Waals surface area contributed by atoms with Crippen molar-refractivity contribution in [3.8, 4) is 6.07 Å². The van der Waals surface area contributed by atoms with Gasteiger partial charge >= 0.3 is 12.1 Å². The van der Waals surface area contributed by atoms with Crippen LogP contribution in [0.5, 0.6) is 0 Å². The van der Waals surface area contributed by atoms with E-state index in [1.54, 1.807) is 22.7 Å². The minimum atomic E-state index is -0.424. The predicted molar refractivity (Wildman–Crippen MR) is 135 cm³/mol. The van der Waals surface area contributed by atoms with Crippen LogP contribution in [-0.4, -0.2) is 70.9 Å². The van der Waals surface area contributed by atoms with Crippen molar-refractivity contribution in [2.75, 3.05) is 36.6 Å². The highest BCUT2D eigenvalue weighted by Gasteiger charge is 2.32. The van der Waals surface area contributed by atoms with Crippen LogP contribution in [0, 0.1) is 11.3 Å². The van der Waals surface area contributed by atoms with E-state index in [9.17, 15) is 19.6 Å². The van der Waals surface area contributed by atoms with Gasteiger partial charge in [0.25, 0.3) is 0 Å². The minimum absolute atomic E-state index is 0.102. The molecule has 0 spiro atoms. The molecule has 2 unspecified atom stereocenters. The molecule has 1 N–H and O–H groups in total. The third-order valence-electron chi connectivity index (χ3n) is 6.59. The summed E-state index contributed by atoms with van der Waals surface area (Å²) in [5.41, 5.74) is 2.07. The fourth-order valence-corrected chi connectivity index (χ4v) is 5.72. The Hall–Kier alpha value is -3.69. The third-order valence-corrected chi connectivity index (χ3v) is 7.89. The van der Waals surface area contributed by atoms with Crippen LogP contribution >= 0.6 is 11.8 Å². The molecule has 0 aromatic carbocycles. The van der Waals surface area contributed by atoms with Crippen molar-refractivity contribution < 1.29 is 23.9 Å². The van der Waals surface area contributed by atoms with Gasteiger partial charge in [-0.05, 0) is 43.9 Å². The van der Waals surface area contributed by atoms with Crippen molar-refractivity contribution in [2.24, 2.45) is 0 Å². The number of hydrogen-bond acceptors (Lipinski definition) is 9. The van der Waals surface area contributed by atoms with E-state index < -0.39 is 12.1 Å². The van der Waals surface area contributed by atoms with E-state index in [-0.39, 0.29) is 23.5 Å². The monoisotopic (exact) mass is 522 g/mol. The fraction of sp³-hybridized carbons (Fsp3) is 0.440. The van der Waals surface area contributed by atoms with Crippen LogP contribution < -0.4 is 10.2 Å². The molecule has 2 fully saturated rings. The van der Waals surface area contributed by atoms with Gasteiger partial charge in [0.05, 0.1) is 24.8 Å². The van der Waals surface area contributed by atoms with E-state index in [1.165, 1.54) is 11.1 Å². The first-order valence-corrected chi connectivity index (χ1v) is 13.0. The number of nitriles is 1. The summed E-state index contributed by atoms with van der Waals surface area (Å²) in [4.78, 5) is 49.8. The molecule has 2 saturated heterocycles. The minimum Gasteiger partial charge on any atom is -0.447 e. The Morgan fingerprint density at radius 2 is 2.24 bits per heavy atom. The second kappa shape index (κ2) is 10.7. The molecule has 192 valence electrons. The number of aldehydes is 1. The third kappa shape index (κ3) is 5.23. The number of rotatable bonds is 6. The zero-order valence-corrected chi connectivity index (χ0v) is 21.1. The number of nitrogens with one attached hydrogen (secondary N) is 1. The number of pyridine rings is 2. The quantitative estimate of drug-likeness (QED) is 0.566. The van der Waals surface area contributed by atoms with Crippen molar-refractivity contribution in [1.82, 2.24) is 14.9 Å². The van der Waals surface area contributed by atoms with Crippen LogP contribution in [-0.2, 0) is 22.4 Å². The van der Waals surface area contributed by atoms with Crippen LogP contribution in [0.1, 0.15) is 46.9 Å². The Morgan fingerprint density at radius 3 is 2.95 bits per heavy atom. The van der Waals surface area contributed by atoms with E-state index in [4.69, 9.17) is 9.47 Å². The summed E-state index contributed by atoms with van der Waals surface area (Å²) in [5.74, 6) is 0.740. The van der Waals surface area contributed by atoms with Gasteiger partial charge in [0.1, 0.15) is 30.0 Å². The highest BCUT2D eigenvalue weighted by Crippen LogP contribution is 2.33. The van der Waals surface area contributed by atoms with Crippen molar-refractivity contribution in [3.63, 3.8) is 0 Å². The van der Waals surface area contributed by atoms with Crippen LogP contribution in [0.15, 0.2) is 23.2 Å². The van der Waals surface area contributed by atoms with Gasteiger partial charge in [0.2, 0.25) is 0 Å². The molecule has 2 atom stereocenters. The Morgan fingerprint density at radius 1 is 1.38 bits per heavy atom. The molecule has 12 heteroatoms. The Kier molecular flexibility index (Phi) is 7.25.